The number of benzene rings is 1. The van der Waals surface area contributed by atoms with Gasteiger partial charge in [-0.25, -0.2) is 9.59 Å². The highest BCUT2D eigenvalue weighted by molar-refractivity contribution is 5.81. The van der Waals surface area contributed by atoms with Crippen LogP contribution in [0.1, 0.15) is 6.42 Å². The van der Waals surface area contributed by atoms with Crippen molar-refractivity contribution in [3.05, 3.63) is 34.8 Å². The molecule has 2 heterocycles. The number of nitrogens with zero attached hydrogens (tertiary/aromatic N) is 1. The lowest BCUT2D eigenvalue weighted by Gasteiger charge is -2.08. The van der Waals surface area contributed by atoms with Crippen molar-refractivity contribution in [3.63, 3.8) is 0 Å². The number of para-hydroxylation sites is 2. The molecular formula is C13H11NO6. The van der Waals surface area contributed by atoms with Crippen LogP contribution in [-0.2, 0) is 25.6 Å². The summed E-state index contributed by atoms with van der Waals surface area (Å²) in [6, 6.07) is 6.75. The molecule has 3 rings (SSSR count). The van der Waals surface area contributed by atoms with Crippen LogP contribution in [0.5, 0.6) is 0 Å². The molecule has 1 saturated heterocycles. The Morgan fingerprint density at radius 3 is 2.90 bits per heavy atom. The fourth-order valence-electron chi connectivity index (χ4n) is 2.07. The van der Waals surface area contributed by atoms with Crippen LogP contribution in [0, 0.1) is 0 Å². The van der Waals surface area contributed by atoms with Gasteiger partial charge in [-0.15, -0.1) is 0 Å². The number of rotatable bonds is 3. The number of cyclic esters (lactones) is 1. The highest BCUT2D eigenvalue weighted by Gasteiger charge is 2.30. The molecule has 1 aromatic carbocycles. The first-order chi connectivity index (χ1) is 9.65. The molecular weight excluding hydrogens is 266 g/mol. The summed E-state index contributed by atoms with van der Waals surface area (Å²) in [4.78, 5) is 34.7. The molecule has 1 fully saturated rings. The topological polar surface area (TPSA) is 87.7 Å². The Balaban J connectivity index is 1.79. The maximum atomic E-state index is 11.8. The lowest BCUT2D eigenvalue weighted by atomic mass is 10.3. The molecule has 0 spiro atoms. The molecule has 1 atom stereocenters. The molecule has 0 N–H and O–H groups in total. The summed E-state index contributed by atoms with van der Waals surface area (Å²) >= 11 is 0. The van der Waals surface area contributed by atoms with Crippen LogP contribution in [0.25, 0.3) is 11.1 Å². The third-order valence-corrected chi connectivity index (χ3v) is 3.02. The largest absolute Gasteiger partial charge is 0.463 e. The van der Waals surface area contributed by atoms with Crippen molar-refractivity contribution in [2.75, 3.05) is 6.61 Å². The minimum atomic E-state index is -0.878. The fourth-order valence-corrected chi connectivity index (χ4v) is 2.07. The normalized spacial score (nSPS) is 18.2. The molecule has 2 aromatic rings. The molecule has 1 aliphatic rings. The summed E-state index contributed by atoms with van der Waals surface area (Å²) in [5, 5.41) is 0. The van der Waals surface area contributed by atoms with E-state index in [1.165, 1.54) is 0 Å². The second-order valence-electron chi connectivity index (χ2n) is 4.36. The molecule has 7 nitrogen and oxygen atoms in total. The van der Waals surface area contributed by atoms with Crippen molar-refractivity contribution in [2.45, 2.75) is 19.1 Å². The van der Waals surface area contributed by atoms with Crippen LogP contribution >= 0.6 is 0 Å². The summed E-state index contributed by atoms with van der Waals surface area (Å²) < 4.78 is 15.8. The predicted molar refractivity (Wildman–Crippen MR) is 65.9 cm³/mol. The number of esters is 2. The molecule has 7 heteroatoms. The Bertz CT molecular complexity index is 728. The second kappa shape index (κ2) is 4.84. The van der Waals surface area contributed by atoms with E-state index in [1.807, 2.05) is 0 Å². The van der Waals surface area contributed by atoms with Crippen LogP contribution in [0.2, 0.25) is 0 Å². The second-order valence-corrected chi connectivity index (χ2v) is 4.36. The zero-order valence-electron chi connectivity index (χ0n) is 10.4. The first kappa shape index (κ1) is 12.5. The Kier molecular flexibility index (Phi) is 3.02. The molecule has 0 aliphatic carbocycles. The van der Waals surface area contributed by atoms with Gasteiger partial charge < -0.3 is 13.9 Å². The number of hydrogen-bond acceptors (Lipinski definition) is 6. The van der Waals surface area contributed by atoms with E-state index < -0.39 is 23.8 Å². The Labute approximate surface area is 112 Å². The third kappa shape index (κ3) is 2.18. The number of oxazole rings is 1. The lowest BCUT2D eigenvalue weighted by molar-refractivity contribution is -0.160. The van der Waals surface area contributed by atoms with Gasteiger partial charge in [0, 0.05) is 6.42 Å². The number of fused-ring (bicyclic) bond motifs is 1. The van der Waals surface area contributed by atoms with Gasteiger partial charge in [0.2, 0.25) is 6.10 Å². The molecule has 1 aromatic heterocycles. The summed E-state index contributed by atoms with van der Waals surface area (Å²) in [5.41, 5.74) is 0.897. The summed E-state index contributed by atoms with van der Waals surface area (Å²) in [6.07, 6.45) is -0.539. The van der Waals surface area contributed by atoms with E-state index in [0.29, 0.717) is 17.5 Å². The fraction of sp³-hybridized carbons (Fsp3) is 0.308. The number of carbonyl (C=O) groups is 2. The van der Waals surface area contributed by atoms with Gasteiger partial charge in [-0.3, -0.25) is 9.36 Å². The molecule has 0 unspecified atom stereocenters. The van der Waals surface area contributed by atoms with Gasteiger partial charge >= 0.3 is 17.7 Å². The van der Waals surface area contributed by atoms with Gasteiger partial charge in [-0.1, -0.05) is 12.1 Å². The van der Waals surface area contributed by atoms with E-state index in [9.17, 15) is 14.4 Å². The number of carbonyl (C=O) groups excluding carboxylic acids is 2. The Morgan fingerprint density at radius 2 is 2.15 bits per heavy atom. The van der Waals surface area contributed by atoms with Gasteiger partial charge in [0.1, 0.15) is 6.54 Å². The van der Waals surface area contributed by atoms with E-state index in [2.05, 4.69) is 0 Å². The number of ether oxygens (including phenoxy) is 2. The lowest BCUT2D eigenvalue weighted by Crippen LogP contribution is -2.27. The van der Waals surface area contributed by atoms with Crippen LogP contribution in [-0.4, -0.2) is 29.2 Å². The number of aromatic nitrogens is 1. The quantitative estimate of drug-likeness (QED) is 0.757. The molecule has 1 aliphatic heterocycles. The minimum absolute atomic E-state index is 0.241. The summed E-state index contributed by atoms with van der Waals surface area (Å²) in [5.74, 6) is -1.87. The summed E-state index contributed by atoms with van der Waals surface area (Å²) in [6.45, 7) is -0.0645. The average molecular weight is 277 g/mol. The van der Waals surface area contributed by atoms with E-state index in [-0.39, 0.29) is 13.2 Å². The first-order valence-corrected chi connectivity index (χ1v) is 6.09. The van der Waals surface area contributed by atoms with E-state index in [4.69, 9.17) is 13.9 Å². The maximum absolute atomic E-state index is 11.8. The van der Waals surface area contributed by atoms with Crippen molar-refractivity contribution in [1.82, 2.24) is 4.57 Å². The van der Waals surface area contributed by atoms with Crippen LogP contribution < -0.4 is 5.76 Å². The Hall–Kier alpha value is -2.57. The number of hydrogen-bond donors (Lipinski definition) is 0. The molecule has 0 bridgehead atoms. The molecule has 0 radical (unpaired) electrons. The van der Waals surface area contributed by atoms with Crippen LogP contribution in [0.3, 0.4) is 0 Å². The van der Waals surface area contributed by atoms with Crippen molar-refractivity contribution < 1.29 is 23.5 Å². The highest BCUT2D eigenvalue weighted by Crippen LogP contribution is 2.13. The third-order valence-electron chi connectivity index (χ3n) is 3.02. The Morgan fingerprint density at radius 1 is 1.35 bits per heavy atom. The van der Waals surface area contributed by atoms with Gasteiger partial charge in [-0.2, -0.15) is 0 Å². The van der Waals surface area contributed by atoms with Crippen molar-refractivity contribution in [3.8, 4) is 0 Å². The minimum Gasteiger partial charge on any atom is -0.463 e. The standard InChI is InChI=1S/C13H11NO6/c15-11(19-10-5-6-18-12(10)16)7-14-8-3-1-2-4-9(8)20-13(14)17/h1-4,10H,5-7H2/t10-/m1/s1. The molecule has 0 amide bonds. The molecule has 104 valence electrons. The SMILES string of the molecule is O=C(Cn1c(=O)oc2ccccc21)O[C@@H]1CCOC1=O. The predicted octanol–water partition coefficient (Wildman–Crippen LogP) is 0.453. The highest BCUT2D eigenvalue weighted by atomic mass is 16.6. The summed E-state index contributed by atoms with van der Waals surface area (Å²) in [7, 11) is 0. The van der Waals surface area contributed by atoms with Crippen molar-refractivity contribution >= 4 is 23.0 Å². The van der Waals surface area contributed by atoms with E-state index in [0.717, 1.165) is 4.57 Å². The van der Waals surface area contributed by atoms with Gasteiger partial charge in [0.15, 0.2) is 5.58 Å². The molecule has 20 heavy (non-hydrogen) atoms. The maximum Gasteiger partial charge on any atom is 0.420 e. The monoisotopic (exact) mass is 277 g/mol. The van der Waals surface area contributed by atoms with Crippen LogP contribution in [0.15, 0.2) is 33.5 Å². The zero-order valence-corrected chi connectivity index (χ0v) is 10.4. The van der Waals surface area contributed by atoms with Gasteiger partial charge in [0.05, 0.1) is 12.1 Å². The van der Waals surface area contributed by atoms with Crippen LogP contribution in [0.4, 0.5) is 0 Å². The zero-order chi connectivity index (χ0) is 14.1. The van der Waals surface area contributed by atoms with E-state index in [1.54, 1.807) is 24.3 Å². The average Bonchev–Trinajstić information content (AvgIpc) is 2.95. The first-order valence-electron chi connectivity index (χ1n) is 6.09. The van der Waals surface area contributed by atoms with Crippen molar-refractivity contribution in [1.29, 1.82) is 0 Å². The van der Waals surface area contributed by atoms with Crippen molar-refractivity contribution in [2.24, 2.45) is 0 Å². The van der Waals surface area contributed by atoms with E-state index >= 15 is 0 Å². The molecule has 0 saturated carbocycles. The van der Waals surface area contributed by atoms with Gasteiger partial charge in [-0.05, 0) is 12.1 Å². The smallest absolute Gasteiger partial charge is 0.420 e. The van der Waals surface area contributed by atoms with Gasteiger partial charge in [0.25, 0.3) is 0 Å².